The third-order valence-corrected chi connectivity index (χ3v) is 4.53. The van der Waals surface area contributed by atoms with Gasteiger partial charge in [0, 0.05) is 0 Å². The highest BCUT2D eigenvalue weighted by molar-refractivity contribution is 5.07. The molecule has 0 spiro atoms. The first-order valence-electron chi connectivity index (χ1n) is 4.88. The van der Waals surface area contributed by atoms with Crippen LogP contribution in [0, 0.1) is 29.6 Å². The Morgan fingerprint density at radius 3 is 2.00 bits per heavy atom. The summed E-state index contributed by atoms with van der Waals surface area (Å²) >= 11 is 0. The lowest BCUT2D eigenvalue weighted by atomic mass is 9.47. The van der Waals surface area contributed by atoms with Crippen molar-refractivity contribution >= 4 is 0 Å². The van der Waals surface area contributed by atoms with Crippen LogP contribution in [0.25, 0.3) is 0 Å². The first-order valence-corrected chi connectivity index (χ1v) is 4.88. The minimum Gasteiger partial charge on any atom is -0.0622 e. The van der Waals surface area contributed by atoms with Crippen molar-refractivity contribution in [2.24, 2.45) is 29.6 Å². The highest BCUT2D eigenvalue weighted by atomic mass is 14.6. The SMILES string of the molecule is C[C@H]1CCC2C3CCC3C21. The maximum Gasteiger partial charge on any atom is -0.0326 e. The van der Waals surface area contributed by atoms with Gasteiger partial charge in [0.15, 0.2) is 0 Å². The Morgan fingerprint density at radius 2 is 1.40 bits per heavy atom. The van der Waals surface area contributed by atoms with E-state index >= 15 is 0 Å². The zero-order valence-corrected chi connectivity index (χ0v) is 6.72. The van der Waals surface area contributed by atoms with Gasteiger partial charge in [-0.25, -0.2) is 0 Å². The molecule has 0 aliphatic heterocycles. The predicted molar refractivity (Wildman–Crippen MR) is 41.6 cm³/mol. The Morgan fingerprint density at radius 1 is 0.800 bits per heavy atom. The van der Waals surface area contributed by atoms with Crippen LogP contribution in [0.4, 0.5) is 0 Å². The molecule has 5 atom stereocenters. The maximum atomic E-state index is 2.47. The van der Waals surface area contributed by atoms with Crippen LogP contribution in [-0.4, -0.2) is 0 Å². The molecule has 0 N–H and O–H groups in total. The summed E-state index contributed by atoms with van der Waals surface area (Å²) in [6.07, 6.45) is 6.28. The van der Waals surface area contributed by atoms with E-state index in [1.165, 1.54) is 23.7 Å². The predicted octanol–water partition coefficient (Wildman–Crippen LogP) is 2.69. The van der Waals surface area contributed by atoms with Gasteiger partial charge < -0.3 is 0 Å². The number of rotatable bonds is 0. The second-order valence-electron chi connectivity index (χ2n) is 4.70. The second kappa shape index (κ2) is 1.60. The molecule has 3 saturated carbocycles. The fourth-order valence-corrected chi connectivity index (χ4v) is 3.92. The first kappa shape index (κ1) is 5.62. The normalized spacial score (nSPS) is 63.9. The van der Waals surface area contributed by atoms with Crippen molar-refractivity contribution in [2.45, 2.75) is 32.6 Å². The maximum absolute atomic E-state index is 2.47. The molecule has 10 heavy (non-hydrogen) atoms. The van der Waals surface area contributed by atoms with Crippen LogP contribution in [0.5, 0.6) is 0 Å². The van der Waals surface area contributed by atoms with Crippen LogP contribution in [0.1, 0.15) is 32.6 Å². The fraction of sp³-hybridized carbons (Fsp3) is 1.00. The summed E-state index contributed by atoms with van der Waals surface area (Å²) in [5.41, 5.74) is 0. The monoisotopic (exact) mass is 136 g/mol. The molecule has 56 valence electrons. The molecule has 3 fully saturated rings. The molecule has 0 bridgehead atoms. The zero-order chi connectivity index (χ0) is 6.72. The Hall–Kier alpha value is 0. The van der Waals surface area contributed by atoms with Gasteiger partial charge in [-0.3, -0.25) is 0 Å². The fourth-order valence-electron chi connectivity index (χ4n) is 3.92. The molecule has 0 aromatic carbocycles. The lowest BCUT2D eigenvalue weighted by Gasteiger charge is -2.58. The molecule has 0 nitrogen and oxygen atoms in total. The van der Waals surface area contributed by atoms with Crippen LogP contribution >= 0.6 is 0 Å². The van der Waals surface area contributed by atoms with E-state index in [9.17, 15) is 0 Å². The van der Waals surface area contributed by atoms with Crippen molar-refractivity contribution in [3.05, 3.63) is 0 Å². The Labute approximate surface area is 63.0 Å². The van der Waals surface area contributed by atoms with Gasteiger partial charge in [0.25, 0.3) is 0 Å². The number of hydrogen-bond donors (Lipinski definition) is 0. The van der Waals surface area contributed by atoms with Gasteiger partial charge in [-0.05, 0) is 48.9 Å². The van der Waals surface area contributed by atoms with Crippen molar-refractivity contribution in [3.8, 4) is 0 Å². The van der Waals surface area contributed by atoms with Crippen molar-refractivity contribution in [3.63, 3.8) is 0 Å². The Balaban J connectivity index is 1.84. The van der Waals surface area contributed by atoms with Crippen molar-refractivity contribution in [1.82, 2.24) is 0 Å². The van der Waals surface area contributed by atoms with Gasteiger partial charge in [0.1, 0.15) is 0 Å². The van der Waals surface area contributed by atoms with E-state index in [0.717, 1.165) is 5.92 Å². The Kier molecular flexibility index (Phi) is 0.898. The summed E-state index contributed by atoms with van der Waals surface area (Å²) in [5.74, 6) is 5.91. The van der Waals surface area contributed by atoms with Gasteiger partial charge in [-0.1, -0.05) is 13.3 Å². The van der Waals surface area contributed by atoms with Crippen LogP contribution in [0.3, 0.4) is 0 Å². The van der Waals surface area contributed by atoms with Gasteiger partial charge >= 0.3 is 0 Å². The van der Waals surface area contributed by atoms with Crippen molar-refractivity contribution in [2.75, 3.05) is 0 Å². The van der Waals surface area contributed by atoms with E-state index in [2.05, 4.69) is 6.92 Å². The molecule has 0 saturated heterocycles. The third kappa shape index (κ3) is 0.436. The first-order chi connectivity index (χ1) is 4.88. The molecular formula is C10H16. The summed E-state index contributed by atoms with van der Waals surface area (Å²) in [5, 5.41) is 0. The number of hydrogen-bond acceptors (Lipinski definition) is 0. The van der Waals surface area contributed by atoms with Crippen molar-refractivity contribution in [1.29, 1.82) is 0 Å². The van der Waals surface area contributed by atoms with E-state index in [-0.39, 0.29) is 0 Å². The molecule has 0 heterocycles. The van der Waals surface area contributed by atoms with Gasteiger partial charge in [0.2, 0.25) is 0 Å². The summed E-state index contributed by atoms with van der Waals surface area (Å²) < 4.78 is 0. The van der Waals surface area contributed by atoms with Crippen LogP contribution in [-0.2, 0) is 0 Å². The summed E-state index contributed by atoms with van der Waals surface area (Å²) in [6, 6.07) is 0. The topological polar surface area (TPSA) is 0 Å². The van der Waals surface area contributed by atoms with E-state index in [1.807, 2.05) is 0 Å². The van der Waals surface area contributed by atoms with Crippen molar-refractivity contribution < 1.29 is 0 Å². The molecule has 0 aromatic heterocycles. The minimum atomic E-state index is 1.09. The van der Waals surface area contributed by atoms with E-state index in [0.29, 0.717) is 0 Å². The molecular weight excluding hydrogens is 120 g/mol. The molecule has 0 radical (unpaired) electrons. The second-order valence-corrected chi connectivity index (χ2v) is 4.70. The largest absolute Gasteiger partial charge is 0.0622 e. The van der Waals surface area contributed by atoms with Gasteiger partial charge in [0.05, 0.1) is 0 Å². The molecule has 3 aliphatic rings. The Bertz CT molecular complexity index is 161. The van der Waals surface area contributed by atoms with Crippen LogP contribution in [0.15, 0.2) is 0 Å². The quantitative estimate of drug-likeness (QED) is 0.480. The molecule has 3 rings (SSSR count). The molecule has 0 aromatic rings. The average Bonchev–Trinajstić information content (AvgIpc) is 2.14. The van der Waals surface area contributed by atoms with E-state index in [4.69, 9.17) is 0 Å². The zero-order valence-electron chi connectivity index (χ0n) is 6.72. The summed E-state index contributed by atoms with van der Waals surface area (Å²) in [6.45, 7) is 2.47. The van der Waals surface area contributed by atoms with Crippen LogP contribution in [0.2, 0.25) is 0 Å². The molecule has 4 unspecified atom stereocenters. The smallest absolute Gasteiger partial charge is 0.0326 e. The van der Waals surface area contributed by atoms with E-state index < -0.39 is 0 Å². The lowest BCUT2D eigenvalue weighted by Crippen LogP contribution is -2.52. The average molecular weight is 136 g/mol. The third-order valence-electron chi connectivity index (χ3n) is 4.53. The van der Waals surface area contributed by atoms with Gasteiger partial charge in [-0.15, -0.1) is 0 Å². The van der Waals surface area contributed by atoms with Crippen LogP contribution < -0.4 is 0 Å². The summed E-state index contributed by atoms with van der Waals surface area (Å²) in [4.78, 5) is 0. The van der Waals surface area contributed by atoms with E-state index in [1.54, 1.807) is 25.7 Å². The highest BCUT2D eigenvalue weighted by Crippen LogP contribution is 2.66. The molecule has 0 amide bonds. The minimum absolute atomic E-state index is 1.09. The standard InChI is InChI=1S/C10H16/c1-6-2-3-8-7-4-5-9(7)10(6)8/h6-10H,2-5H2,1H3/t6-,7?,8?,9?,10?/m0/s1. The van der Waals surface area contributed by atoms with Gasteiger partial charge in [-0.2, -0.15) is 0 Å². The molecule has 3 aliphatic carbocycles. The summed E-state index contributed by atoms with van der Waals surface area (Å²) in [7, 11) is 0. The number of fused-ring (bicyclic) bond motifs is 4. The molecule has 0 heteroatoms. The highest BCUT2D eigenvalue weighted by Gasteiger charge is 2.58. The lowest BCUT2D eigenvalue weighted by molar-refractivity contribution is -0.0967.